The minimum absolute atomic E-state index is 0.155. The van der Waals surface area contributed by atoms with Crippen LogP contribution < -0.4 is 10.0 Å². The Morgan fingerprint density at radius 1 is 1.14 bits per heavy atom. The van der Waals surface area contributed by atoms with Crippen molar-refractivity contribution in [3.05, 3.63) is 29.8 Å². The molecular weight excluding hydrogens is 284 g/mol. The molecule has 0 aromatic heterocycles. The molecular formula is C16H24N2O2S. The van der Waals surface area contributed by atoms with E-state index in [1.165, 1.54) is 25.7 Å². The molecule has 2 fully saturated rings. The Kier molecular flexibility index (Phi) is 4.33. The van der Waals surface area contributed by atoms with E-state index in [4.69, 9.17) is 0 Å². The predicted octanol–water partition coefficient (Wildman–Crippen LogP) is 2.26. The summed E-state index contributed by atoms with van der Waals surface area (Å²) in [5.41, 5.74) is 0.845. The van der Waals surface area contributed by atoms with Crippen LogP contribution in [0.2, 0.25) is 0 Å². The van der Waals surface area contributed by atoms with Crippen LogP contribution in [0.3, 0.4) is 0 Å². The molecule has 0 heterocycles. The third-order valence-electron chi connectivity index (χ3n) is 4.38. The standard InChI is InChI=1S/C16H24N2O2S/c1-2-17-11-14-5-3-4-6-15(14)21(19,20)18-16(12-7-8-12)13-9-10-13/h3-6,12-13,16-18H,2,7-11H2,1H3. The van der Waals surface area contributed by atoms with Gasteiger partial charge in [-0.25, -0.2) is 13.1 Å². The Morgan fingerprint density at radius 3 is 2.33 bits per heavy atom. The maximum absolute atomic E-state index is 12.8. The Bertz CT molecular complexity index is 580. The van der Waals surface area contributed by atoms with Gasteiger partial charge in [0.15, 0.2) is 0 Å². The Hall–Kier alpha value is -0.910. The van der Waals surface area contributed by atoms with Gasteiger partial charge >= 0.3 is 0 Å². The minimum Gasteiger partial charge on any atom is -0.313 e. The first-order valence-corrected chi connectivity index (χ1v) is 9.41. The van der Waals surface area contributed by atoms with Crippen LogP contribution in [0.4, 0.5) is 0 Å². The van der Waals surface area contributed by atoms with Crippen molar-refractivity contribution in [3.63, 3.8) is 0 Å². The van der Waals surface area contributed by atoms with E-state index < -0.39 is 10.0 Å². The molecule has 2 aliphatic rings. The van der Waals surface area contributed by atoms with Crippen molar-refractivity contribution in [2.24, 2.45) is 11.8 Å². The normalized spacial score (nSPS) is 19.1. The fourth-order valence-corrected chi connectivity index (χ4v) is 4.52. The number of hydrogen-bond donors (Lipinski definition) is 2. The van der Waals surface area contributed by atoms with E-state index in [-0.39, 0.29) is 6.04 Å². The molecule has 2 saturated carbocycles. The van der Waals surface area contributed by atoms with Crippen LogP contribution >= 0.6 is 0 Å². The van der Waals surface area contributed by atoms with Crippen LogP contribution in [-0.2, 0) is 16.6 Å². The molecule has 0 bridgehead atoms. The molecule has 0 radical (unpaired) electrons. The van der Waals surface area contributed by atoms with Gasteiger partial charge < -0.3 is 5.32 Å². The highest BCUT2D eigenvalue weighted by atomic mass is 32.2. The molecule has 1 aromatic carbocycles. The van der Waals surface area contributed by atoms with Crippen LogP contribution in [-0.4, -0.2) is 21.0 Å². The number of benzene rings is 1. The largest absolute Gasteiger partial charge is 0.313 e. The van der Waals surface area contributed by atoms with E-state index in [0.29, 0.717) is 23.3 Å². The molecule has 0 spiro atoms. The summed E-state index contributed by atoms with van der Waals surface area (Å²) in [5, 5.41) is 3.21. The van der Waals surface area contributed by atoms with Crippen molar-refractivity contribution in [1.82, 2.24) is 10.0 Å². The summed E-state index contributed by atoms with van der Waals surface area (Å²) in [6.45, 7) is 3.44. The van der Waals surface area contributed by atoms with E-state index >= 15 is 0 Å². The van der Waals surface area contributed by atoms with Gasteiger partial charge in [-0.3, -0.25) is 0 Å². The summed E-state index contributed by atoms with van der Waals surface area (Å²) >= 11 is 0. The van der Waals surface area contributed by atoms with E-state index in [2.05, 4.69) is 10.0 Å². The molecule has 0 unspecified atom stereocenters. The Labute approximate surface area is 127 Å². The van der Waals surface area contributed by atoms with Crippen molar-refractivity contribution in [3.8, 4) is 0 Å². The highest BCUT2D eigenvalue weighted by molar-refractivity contribution is 7.89. The summed E-state index contributed by atoms with van der Waals surface area (Å²) in [6.07, 6.45) is 4.68. The average Bonchev–Trinajstić information content (AvgIpc) is 3.36. The third-order valence-corrected chi connectivity index (χ3v) is 5.94. The number of sulfonamides is 1. The van der Waals surface area contributed by atoms with Crippen LogP contribution in [0.1, 0.15) is 38.2 Å². The first-order valence-electron chi connectivity index (χ1n) is 7.93. The van der Waals surface area contributed by atoms with E-state index in [1.807, 2.05) is 19.1 Å². The van der Waals surface area contributed by atoms with Crippen LogP contribution in [0.5, 0.6) is 0 Å². The highest BCUT2D eigenvalue weighted by Gasteiger charge is 2.43. The highest BCUT2D eigenvalue weighted by Crippen LogP contribution is 2.45. The zero-order chi connectivity index (χ0) is 14.9. The quantitative estimate of drug-likeness (QED) is 0.774. The van der Waals surface area contributed by atoms with Gasteiger partial charge in [0.05, 0.1) is 4.90 Å². The van der Waals surface area contributed by atoms with Gasteiger partial charge in [0.1, 0.15) is 0 Å². The molecule has 0 saturated heterocycles. The zero-order valence-electron chi connectivity index (χ0n) is 12.5. The third kappa shape index (κ3) is 3.65. The van der Waals surface area contributed by atoms with Gasteiger partial charge in [-0.1, -0.05) is 25.1 Å². The van der Waals surface area contributed by atoms with E-state index in [0.717, 1.165) is 12.1 Å². The molecule has 21 heavy (non-hydrogen) atoms. The molecule has 2 N–H and O–H groups in total. The second-order valence-electron chi connectivity index (χ2n) is 6.21. The lowest BCUT2D eigenvalue weighted by molar-refractivity contribution is 0.471. The summed E-state index contributed by atoms with van der Waals surface area (Å²) in [4.78, 5) is 0.428. The fraction of sp³-hybridized carbons (Fsp3) is 0.625. The van der Waals surface area contributed by atoms with Crippen molar-refractivity contribution >= 4 is 10.0 Å². The lowest BCUT2D eigenvalue weighted by Crippen LogP contribution is -2.38. The van der Waals surface area contributed by atoms with Crippen molar-refractivity contribution in [2.75, 3.05) is 6.54 Å². The second kappa shape index (κ2) is 6.07. The van der Waals surface area contributed by atoms with Crippen molar-refractivity contribution < 1.29 is 8.42 Å². The summed E-state index contributed by atoms with van der Waals surface area (Å²) < 4.78 is 28.5. The molecule has 5 heteroatoms. The first-order chi connectivity index (χ1) is 10.1. The van der Waals surface area contributed by atoms with Crippen molar-refractivity contribution in [2.45, 2.75) is 50.1 Å². The Balaban J connectivity index is 1.80. The molecule has 0 atom stereocenters. The predicted molar refractivity (Wildman–Crippen MR) is 83.4 cm³/mol. The minimum atomic E-state index is -3.42. The number of rotatable bonds is 8. The average molecular weight is 308 g/mol. The molecule has 1 aromatic rings. The maximum atomic E-state index is 12.8. The molecule has 0 aliphatic heterocycles. The van der Waals surface area contributed by atoms with Crippen LogP contribution in [0.15, 0.2) is 29.2 Å². The maximum Gasteiger partial charge on any atom is 0.241 e. The molecule has 4 nitrogen and oxygen atoms in total. The van der Waals surface area contributed by atoms with E-state index in [9.17, 15) is 8.42 Å². The van der Waals surface area contributed by atoms with Gasteiger partial charge in [0, 0.05) is 12.6 Å². The monoisotopic (exact) mass is 308 g/mol. The van der Waals surface area contributed by atoms with Gasteiger partial charge in [-0.05, 0) is 55.7 Å². The Morgan fingerprint density at radius 2 is 1.76 bits per heavy atom. The van der Waals surface area contributed by atoms with Gasteiger partial charge in [0.25, 0.3) is 0 Å². The molecule has 2 aliphatic carbocycles. The van der Waals surface area contributed by atoms with Crippen LogP contribution in [0.25, 0.3) is 0 Å². The molecule has 3 rings (SSSR count). The van der Waals surface area contributed by atoms with Gasteiger partial charge in [0.2, 0.25) is 10.0 Å². The smallest absolute Gasteiger partial charge is 0.241 e. The van der Waals surface area contributed by atoms with Gasteiger partial charge in [-0.2, -0.15) is 0 Å². The SMILES string of the molecule is CCNCc1ccccc1S(=O)(=O)NC(C1CC1)C1CC1. The summed E-state index contributed by atoms with van der Waals surface area (Å²) in [7, 11) is -3.42. The number of hydrogen-bond acceptors (Lipinski definition) is 3. The molecule has 0 amide bonds. The van der Waals surface area contributed by atoms with E-state index in [1.54, 1.807) is 12.1 Å². The number of nitrogens with one attached hydrogen (secondary N) is 2. The first kappa shape index (κ1) is 15.0. The van der Waals surface area contributed by atoms with Gasteiger partial charge in [-0.15, -0.1) is 0 Å². The lowest BCUT2D eigenvalue weighted by Gasteiger charge is -2.19. The summed E-state index contributed by atoms with van der Waals surface area (Å²) in [6, 6.07) is 7.45. The summed E-state index contributed by atoms with van der Waals surface area (Å²) in [5.74, 6) is 1.13. The topological polar surface area (TPSA) is 58.2 Å². The lowest BCUT2D eigenvalue weighted by atomic mass is 10.1. The second-order valence-corrected chi connectivity index (χ2v) is 7.89. The molecule has 116 valence electrons. The zero-order valence-corrected chi connectivity index (χ0v) is 13.3. The van der Waals surface area contributed by atoms with Crippen molar-refractivity contribution in [1.29, 1.82) is 0 Å². The fourth-order valence-electron chi connectivity index (χ4n) is 2.90. The van der Waals surface area contributed by atoms with Crippen LogP contribution in [0, 0.1) is 11.8 Å².